The number of rotatable bonds is 7. The summed E-state index contributed by atoms with van der Waals surface area (Å²) in [5.41, 5.74) is 21.3. The van der Waals surface area contributed by atoms with Gasteiger partial charge in [0.25, 0.3) is 0 Å². The van der Waals surface area contributed by atoms with Crippen LogP contribution in [0.3, 0.4) is 0 Å². The molecule has 0 radical (unpaired) electrons. The molecule has 0 spiro atoms. The van der Waals surface area contributed by atoms with Crippen molar-refractivity contribution in [3.63, 3.8) is 0 Å². The van der Waals surface area contributed by atoms with Gasteiger partial charge in [-0.25, -0.2) is 0 Å². The Labute approximate surface area is 796 Å². The standard InChI is InChI=1S/C51H34Si.C41H26S2.C38H24SSi/c1-5-19-35(20-6-1)51(36-21-7-2-8-22-36)44-31-17-15-29-41(44)49-45(51)34-33-43-47(49)39-27-13-14-28-40(39)50-48(43)42-30-16-18-32-46(42)52(50,37-23-9-3-10-24-37)38-25-11-4-12-26-38;1-41(2)32-13-7-5-12-28(32)38-29-17-20-36-39(37(29)26-10-3-4-11-27(26)40(38)41)31-22-24(16-19-35(31)43-36)23-15-18-34-30(21-23)25-9-6-8-14-33(25)42-34;1-3-13-25(14-4-1)40(26-15-5-2-6-16-26)34-22-12-10-20-30(34)36-28-18-8-7-17-27(28)35-31(38(36)40)23-24-33-37(35)29-19-9-11-21-32(29)39-33/h1-34H;3-22H,1-2H3;1-24H. The van der Waals surface area contributed by atoms with Crippen LogP contribution in [0.2, 0.25) is 0 Å². The molecule has 0 amide bonds. The van der Waals surface area contributed by atoms with E-state index in [1.807, 2.05) is 34.0 Å². The summed E-state index contributed by atoms with van der Waals surface area (Å²) in [6, 6.07) is 178. The average molecular weight is 1800 g/mol. The molecule has 30 rings (SSSR count). The van der Waals surface area contributed by atoms with Crippen molar-refractivity contribution in [3.8, 4) is 55.6 Å². The fourth-order valence-electron chi connectivity index (χ4n) is 25.6. The Morgan fingerprint density at radius 3 is 1.10 bits per heavy atom. The Hall–Kier alpha value is -15.3. The second kappa shape index (κ2) is 30.1. The van der Waals surface area contributed by atoms with E-state index in [2.05, 4.69) is 487 Å². The minimum Gasteiger partial charge on any atom is -0.135 e. The lowest BCUT2D eigenvalue weighted by Gasteiger charge is -2.34. The van der Waals surface area contributed by atoms with Crippen LogP contribution in [0.5, 0.6) is 0 Å². The molecule has 0 N–H and O–H groups in total. The van der Waals surface area contributed by atoms with E-state index < -0.39 is 21.6 Å². The molecular weight excluding hydrogens is 1710 g/mol. The maximum atomic E-state index is 2.48. The maximum absolute atomic E-state index is 2.74. The normalized spacial score (nSPS) is 14.1. The molecule has 0 saturated heterocycles. The fourth-order valence-corrected chi connectivity index (χ4v) is 39.7. The molecule has 23 aromatic carbocycles. The molecule has 4 aliphatic rings. The molecule has 5 heterocycles. The van der Waals surface area contributed by atoms with Gasteiger partial charge >= 0.3 is 0 Å². The van der Waals surface area contributed by atoms with Crippen molar-refractivity contribution >= 4 is 217 Å². The molecule has 3 aromatic heterocycles. The van der Waals surface area contributed by atoms with Crippen LogP contribution in [0.4, 0.5) is 0 Å². The first-order valence-corrected chi connectivity index (χ1v) is 53.5. The van der Waals surface area contributed by atoms with Crippen molar-refractivity contribution in [1.82, 2.24) is 0 Å². The molecule has 2 aliphatic heterocycles. The summed E-state index contributed by atoms with van der Waals surface area (Å²) in [5, 5.41) is 36.4. The van der Waals surface area contributed by atoms with E-state index in [-0.39, 0.29) is 5.41 Å². The SMILES string of the molecule is CC1(C)c2ccccc2-c2c1c1ccccc1c1c2ccc2sc3ccc(-c4ccc5sc6ccccc6c5c4)cc3c21.c1ccc(C2(c3ccccc3)c3ccccc3-c3c2ccc2c4c(c5ccccc5c32)[Si](c2ccccc2)(c2ccccc2)c2ccccc2-4)cc1.c1ccc([Si]2(c3ccccc3)c3ccccc3-c3c2c2ccc4sc5ccccc5c4c2c2ccccc32)cc1. The third-order valence-corrected chi connectivity index (χ3v) is 44.0. The van der Waals surface area contributed by atoms with Gasteiger partial charge in [0.05, 0.1) is 5.41 Å². The number of thiophene rings is 3. The molecule has 0 atom stereocenters. The molecule has 0 saturated carbocycles. The van der Waals surface area contributed by atoms with Crippen LogP contribution in [0.1, 0.15) is 47.2 Å². The predicted molar refractivity (Wildman–Crippen MR) is 589 cm³/mol. The van der Waals surface area contributed by atoms with Crippen LogP contribution in [0, 0.1) is 0 Å². The van der Waals surface area contributed by atoms with Gasteiger partial charge in [-0.3, -0.25) is 0 Å². The zero-order valence-corrected chi connectivity index (χ0v) is 78.7. The summed E-state index contributed by atoms with van der Waals surface area (Å²) in [6.45, 7) is 4.79. The second-order valence-corrected chi connectivity index (χ2v) is 48.1. The monoisotopic (exact) mass is 1800 g/mol. The van der Waals surface area contributed by atoms with Crippen molar-refractivity contribution in [2.24, 2.45) is 0 Å². The van der Waals surface area contributed by atoms with Crippen LogP contribution in [-0.4, -0.2) is 16.1 Å². The van der Waals surface area contributed by atoms with Crippen LogP contribution >= 0.6 is 34.0 Å². The average Bonchev–Trinajstić information content (AvgIpc) is 1.49. The van der Waals surface area contributed by atoms with Crippen LogP contribution in [0.15, 0.2) is 473 Å². The van der Waals surface area contributed by atoms with Gasteiger partial charge in [-0.2, -0.15) is 0 Å². The Morgan fingerprint density at radius 1 is 0.193 bits per heavy atom. The van der Waals surface area contributed by atoms with E-state index in [9.17, 15) is 0 Å². The molecule has 0 bridgehead atoms. The van der Waals surface area contributed by atoms with Gasteiger partial charge in [-0.15, -0.1) is 34.0 Å². The topological polar surface area (TPSA) is 0 Å². The highest BCUT2D eigenvalue weighted by molar-refractivity contribution is 7.27. The highest BCUT2D eigenvalue weighted by Crippen LogP contribution is 2.61. The first kappa shape index (κ1) is 78.4. The second-order valence-electron chi connectivity index (χ2n) is 37.5. The van der Waals surface area contributed by atoms with Crippen LogP contribution in [-0.2, 0) is 10.8 Å². The van der Waals surface area contributed by atoms with E-state index in [0.717, 1.165) is 0 Å². The summed E-state index contributed by atoms with van der Waals surface area (Å²) in [7, 11) is -5.38. The van der Waals surface area contributed by atoms with E-state index in [1.165, 1.54) is 256 Å². The van der Waals surface area contributed by atoms with Gasteiger partial charge in [-0.05, 0) is 244 Å². The van der Waals surface area contributed by atoms with Gasteiger partial charge < -0.3 is 0 Å². The number of fused-ring (bicyclic) bond motifs is 39. The molecule has 5 heteroatoms. The smallest absolute Gasteiger partial charge is 0.135 e. The Morgan fingerprint density at radius 2 is 0.541 bits per heavy atom. The van der Waals surface area contributed by atoms with Crippen LogP contribution < -0.4 is 41.5 Å². The molecular formula is C130H84S3Si2. The molecule has 0 nitrogen and oxygen atoms in total. The fraction of sp³-hybridized carbons (Fsp3) is 0.0308. The highest BCUT2D eigenvalue weighted by atomic mass is 32.1. The van der Waals surface area contributed by atoms with Gasteiger partial charge in [0.2, 0.25) is 0 Å². The van der Waals surface area contributed by atoms with Crippen molar-refractivity contribution in [1.29, 1.82) is 0 Å². The number of benzene rings is 23. The van der Waals surface area contributed by atoms with Gasteiger partial charge in [0, 0.05) is 65.9 Å². The number of hydrogen-bond donors (Lipinski definition) is 0. The molecule has 135 heavy (non-hydrogen) atoms. The number of hydrogen-bond acceptors (Lipinski definition) is 3. The zero-order valence-electron chi connectivity index (χ0n) is 74.3. The van der Waals surface area contributed by atoms with Gasteiger partial charge in [-0.1, -0.05) is 438 Å². The van der Waals surface area contributed by atoms with E-state index >= 15 is 0 Å². The summed E-state index contributed by atoms with van der Waals surface area (Å²) in [6.07, 6.45) is 0. The summed E-state index contributed by atoms with van der Waals surface area (Å²) in [5.74, 6) is 0. The zero-order chi connectivity index (χ0) is 89.0. The Bertz CT molecular complexity index is 9330. The van der Waals surface area contributed by atoms with Crippen molar-refractivity contribution in [2.45, 2.75) is 24.7 Å². The highest BCUT2D eigenvalue weighted by Gasteiger charge is 2.54. The predicted octanol–water partition coefficient (Wildman–Crippen LogP) is 30.1. The minimum atomic E-state index is -2.74. The third-order valence-electron chi connectivity index (χ3n) is 30.7. The lowest BCUT2D eigenvalue weighted by Crippen LogP contribution is -2.73. The third kappa shape index (κ3) is 10.9. The Balaban J connectivity index is 0.000000102. The van der Waals surface area contributed by atoms with Crippen molar-refractivity contribution in [3.05, 3.63) is 507 Å². The van der Waals surface area contributed by atoms with Gasteiger partial charge in [0.15, 0.2) is 16.1 Å². The van der Waals surface area contributed by atoms with E-state index in [1.54, 1.807) is 0 Å². The lowest BCUT2D eigenvalue weighted by atomic mass is 9.67. The van der Waals surface area contributed by atoms with E-state index in [0.29, 0.717) is 0 Å². The lowest BCUT2D eigenvalue weighted by molar-refractivity contribution is 0.666. The molecule has 0 unspecified atom stereocenters. The summed E-state index contributed by atoms with van der Waals surface area (Å²) in [4.78, 5) is 0. The molecule has 630 valence electrons. The van der Waals surface area contributed by atoms with Crippen LogP contribution in [0.25, 0.3) is 181 Å². The minimum absolute atomic E-state index is 0.0525. The Kier molecular flexibility index (Phi) is 17.5. The van der Waals surface area contributed by atoms with Gasteiger partial charge in [0.1, 0.15) is 0 Å². The molecule has 0 fully saturated rings. The van der Waals surface area contributed by atoms with Crippen molar-refractivity contribution < 1.29 is 0 Å². The van der Waals surface area contributed by atoms with Crippen molar-refractivity contribution in [2.75, 3.05) is 0 Å². The largest absolute Gasteiger partial charge is 0.181 e. The molecule has 2 aliphatic carbocycles. The first-order valence-electron chi connectivity index (χ1n) is 47.1. The summed E-state index contributed by atoms with van der Waals surface area (Å²) >= 11 is 5.70. The first-order chi connectivity index (χ1) is 66.8. The molecule has 26 aromatic rings. The quantitative estimate of drug-likeness (QED) is 0.110. The summed E-state index contributed by atoms with van der Waals surface area (Å²) < 4.78 is 8.12. The maximum Gasteiger partial charge on any atom is 0.181 e. The van der Waals surface area contributed by atoms with E-state index in [4.69, 9.17) is 0 Å².